The van der Waals surface area contributed by atoms with Gasteiger partial charge in [0.25, 0.3) is 0 Å². The van der Waals surface area contributed by atoms with Crippen LogP contribution in [0.4, 0.5) is 11.1 Å². The van der Waals surface area contributed by atoms with Crippen molar-refractivity contribution in [1.82, 2.24) is 15.0 Å². The van der Waals surface area contributed by atoms with Gasteiger partial charge in [-0.25, -0.2) is 15.0 Å². The highest BCUT2D eigenvalue weighted by Crippen LogP contribution is 2.18. The van der Waals surface area contributed by atoms with Crippen molar-refractivity contribution in [2.45, 2.75) is 20.8 Å². The van der Waals surface area contributed by atoms with Gasteiger partial charge in [0.05, 0.1) is 5.69 Å². The Balaban J connectivity index is 2.24. The molecule has 4 nitrogen and oxygen atoms in total. The van der Waals surface area contributed by atoms with Crippen LogP contribution in [-0.2, 0) is 0 Å². The maximum atomic E-state index is 4.29. The van der Waals surface area contributed by atoms with E-state index < -0.39 is 0 Å². The summed E-state index contributed by atoms with van der Waals surface area (Å²) in [5.41, 5.74) is 2.92. The summed E-state index contributed by atoms with van der Waals surface area (Å²) in [7, 11) is 0. The molecule has 0 aromatic carbocycles. The molecule has 0 amide bonds. The summed E-state index contributed by atoms with van der Waals surface area (Å²) in [4.78, 5) is 12.9. The Hall–Kier alpha value is -1.49. The first-order chi connectivity index (χ1) is 7.13. The number of nitrogens with zero attached hydrogens (tertiary/aromatic N) is 3. The van der Waals surface area contributed by atoms with E-state index in [1.807, 2.05) is 32.2 Å². The van der Waals surface area contributed by atoms with Crippen molar-refractivity contribution in [1.29, 1.82) is 0 Å². The van der Waals surface area contributed by atoms with Gasteiger partial charge >= 0.3 is 0 Å². The largest absolute Gasteiger partial charge is 0.300 e. The number of hydrogen-bond donors (Lipinski definition) is 1. The van der Waals surface area contributed by atoms with E-state index in [0.717, 1.165) is 22.2 Å². The molecule has 0 aliphatic rings. The molecule has 0 aliphatic carbocycles. The van der Waals surface area contributed by atoms with Gasteiger partial charge in [0.1, 0.15) is 0 Å². The molecule has 0 radical (unpaired) electrons. The average Bonchev–Trinajstić information content (AvgIpc) is 2.49. The minimum absolute atomic E-state index is 0.613. The Morgan fingerprint density at radius 1 is 1.00 bits per heavy atom. The van der Waals surface area contributed by atoms with Crippen LogP contribution >= 0.6 is 11.3 Å². The SMILES string of the molecule is Cc1cc(C)nc(Nc2nc(C)cs2)n1. The molecule has 78 valence electrons. The van der Waals surface area contributed by atoms with Gasteiger partial charge < -0.3 is 5.32 Å². The van der Waals surface area contributed by atoms with Crippen molar-refractivity contribution < 1.29 is 0 Å². The van der Waals surface area contributed by atoms with Gasteiger partial charge in [-0.05, 0) is 26.8 Å². The number of rotatable bonds is 2. The Labute approximate surface area is 92.4 Å². The molecule has 0 saturated carbocycles. The topological polar surface area (TPSA) is 50.7 Å². The Morgan fingerprint density at radius 3 is 2.20 bits per heavy atom. The van der Waals surface area contributed by atoms with Crippen molar-refractivity contribution in [2.24, 2.45) is 0 Å². The summed E-state index contributed by atoms with van der Waals surface area (Å²) in [5, 5.41) is 5.91. The molecule has 0 fully saturated rings. The minimum Gasteiger partial charge on any atom is -0.300 e. The lowest BCUT2D eigenvalue weighted by atomic mass is 10.4. The average molecular weight is 220 g/mol. The first-order valence-electron chi connectivity index (χ1n) is 4.65. The number of anilines is 2. The number of hydrogen-bond acceptors (Lipinski definition) is 5. The van der Waals surface area contributed by atoms with Crippen LogP contribution in [0.15, 0.2) is 11.4 Å². The second-order valence-corrected chi connectivity index (χ2v) is 4.25. The molecule has 0 unspecified atom stereocenters. The smallest absolute Gasteiger partial charge is 0.229 e. The maximum absolute atomic E-state index is 4.29. The number of thiazole rings is 1. The molecule has 2 aromatic heterocycles. The van der Waals surface area contributed by atoms with Gasteiger partial charge in [0.2, 0.25) is 5.95 Å². The van der Waals surface area contributed by atoms with Crippen LogP contribution in [0.2, 0.25) is 0 Å². The Kier molecular flexibility index (Phi) is 2.64. The fraction of sp³-hybridized carbons (Fsp3) is 0.300. The highest BCUT2D eigenvalue weighted by atomic mass is 32.1. The Bertz CT molecular complexity index is 458. The van der Waals surface area contributed by atoms with Crippen LogP contribution < -0.4 is 5.32 Å². The van der Waals surface area contributed by atoms with Crippen molar-refractivity contribution in [3.05, 3.63) is 28.5 Å². The van der Waals surface area contributed by atoms with Crippen LogP contribution in [0.1, 0.15) is 17.1 Å². The second-order valence-electron chi connectivity index (χ2n) is 3.39. The number of aromatic nitrogens is 3. The molecule has 2 heterocycles. The quantitative estimate of drug-likeness (QED) is 0.845. The van der Waals surface area contributed by atoms with E-state index in [-0.39, 0.29) is 0 Å². The van der Waals surface area contributed by atoms with Crippen LogP contribution in [-0.4, -0.2) is 15.0 Å². The first-order valence-corrected chi connectivity index (χ1v) is 5.53. The van der Waals surface area contributed by atoms with E-state index in [2.05, 4.69) is 20.3 Å². The lowest BCUT2D eigenvalue weighted by molar-refractivity contribution is 1.06. The van der Waals surface area contributed by atoms with Crippen molar-refractivity contribution in [3.63, 3.8) is 0 Å². The molecule has 0 atom stereocenters. The molecule has 0 saturated heterocycles. The predicted octanol–water partition coefficient (Wildman–Crippen LogP) is 2.60. The van der Waals surface area contributed by atoms with Gasteiger partial charge in [-0.1, -0.05) is 0 Å². The van der Waals surface area contributed by atoms with Crippen LogP contribution in [0.25, 0.3) is 0 Å². The Morgan fingerprint density at radius 2 is 1.67 bits per heavy atom. The second kappa shape index (κ2) is 3.94. The predicted molar refractivity (Wildman–Crippen MR) is 61.6 cm³/mol. The summed E-state index contributed by atoms with van der Waals surface area (Å²) >= 11 is 1.55. The standard InChI is InChI=1S/C10H12N4S/c1-6-4-7(2)12-9(11-6)14-10-13-8(3)5-15-10/h4-5H,1-3H3,(H,11,12,13,14). The van der Waals surface area contributed by atoms with Gasteiger partial charge in [-0.15, -0.1) is 11.3 Å². The van der Waals surface area contributed by atoms with Gasteiger partial charge in [0.15, 0.2) is 5.13 Å². The third-order valence-electron chi connectivity index (χ3n) is 1.82. The van der Waals surface area contributed by atoms with Crippen molar-refractivity contribution in [2.75, 3.05) is 5.32 Å². The summed E-state index contributed by atoms with van der Waals surface area (Å²) in [6.45, 7) is 5.87. The fourth-order valence-electron chi connectivity index (χ4n) is 1.29. The van der Waals surface area contributed by atoms with Crippen molar-refractivity contribution in [3.8, 4) is 0 Å². The summed E-state index contributed by atoms with van der Waals surface area (Å²) in [6.07, 6.45) is 0. The molecular formula is C10H12N4S. The molecule has 2 rings (SSSR count). The van der Waals surface area contributed by atoms with E-state index in [1.165, 1.54) is 0 Å². The lowest BCUT2D eigenvalue weighted by Gasteiger charge is -2.02. The summed E-state index contributed by atoms with van der Waals surface area (Å²) in [6, 6.07) is 1.94. The zero-order valence-electron chi connectivity index (χ0n) is 8.90. The van der Waals surface area contributed by atoms with E-state index in [1.54, 1.807) is 11.3 Å². The van der Waals surface area contributed by atoms with Crippen LogP contribution in [0.3, 0.4) is 0 Å². The highest BCUT2D eigenvalue weighted by molar-refractivity contribution is 7.13. The fourth-order valence-corrected chi connectivity index (χ4v) is 1.97. The van der Waals surface area contributed by atoms with Gasteiger partial charge in [-0.2, -0.15) is 0 Å². The zero-order valence-corrected chi connectivity index (χ0v) is 9.72. The molecule has 0 aliphatic heterocycles. The highest BCUT2D eigenvalue weighted by Gasteiger charge is 2.02. The van der Waals surface area contributed by atoms with E-state index in [0.29, 0.717) is 5.95 Å². The molecule has 1 N–H and O–H groups in total. The monoisotopic (exact) mass is 220 g/mol. The molecule has 0 spiro atoms. The normalized spacial score (nSPS) is 10.3. The number of nitrogens with one attached hydrogen (secondary N) is 1. The van der Waals surface area contributed by atoms with Gasteiger partial charge in [-0.3, -0.25) is 0 Å². The van der Waals surface area contributed by atoms with Crippen molar-refractivity contribution >= 4 is 22.4 Å². The van der Waals surface area contributed by atoms with Crippen LogP contribution in [0, 0.1) is 20.8 Å². The summed E-state index contributed by atoms with van der Waals surface area (Å²) < 4.78 is 0. The third kappa shape index (κ3) is 2.50. The molecule has 15 heavy (non-hydrogen) atoms. The zero-order chi connectivity index (χ0) is 10.8. The first kappa shape index (κ1) is 10.0. The summed E-state index contributed by atoms with van der Waals surface area (Å²) in [5.74, 6) is 0.613. The maximum Gasteiger partial charge on any atom is 0.229 e. The van der Waals surface area contributed by atoms with E-state index in [4.69, 9.17) is 0 Å². The molecular weight excluding hydrogens is 208 g/mol. The van der Waals surface area contributed by atoms with Crippen LogP contribution in [0.5, 0.6) is 0 Å². The minimum atomic E-state index is 0.613. The lowest BCUT2D eigenvalue weighted by Crippen LogP contribution is -1.99. The number of aryl methyl sites for hydroxylation is 3. The molecule has 2 aromatic rings. The van der Waals surface area contributed by atoms with Gasteiger partial charge in [0, 0.05) is 16.8 Å². The third-order valence-corrected chi connectivity index (χ3v) is 2.70. The molecule has 5 heteroatoms. The molecule has 0 bridgehead atoms. The van der Waals surface area contributed by atoms with E-state index in [9.17, 15) is 0 Å². The van der Waals surface area contributed by atoms with E-state index >= 15 is 0 Å².